The van der Waals surface area contributed by atoms with E-state index in [9.17, 15) is 5.26 Å². The summed E-state index contributed by atoms with van der Waals surface area (Å²) in [5, 5.41) is 9.20. The zero-order valence-corrected chi connectivity index (χ0v) is 12.2. The third kappa shape index (κ3) is 1.35. The first-order valence-electron chi connectivity index (χ1n) is 6.68. The van der Waals surface area contributed by atoms with Gasteiger partial charge in [0.05, 0.1) is 11.1 Å². The van der Waals surface area contributed by atoms with Gasteiger partial charge in [-0.2, -0.15) is 5.26 Å². The van der Waals surface area contributed by atoms with E-state index < -0.39 is 0 Å². The Labute approximate surface area is 113 Å². The van der Waals surface area contributed by atoms with E-state index in [-0.39, 0.29) is 10.8 Å². The lowest BCUT2D eigenvalue weighted by Crippen LogP contribution is -1.99. The topological polar surface area (TPSA) is 41.6 Å². The fraction of sp³-hybridized carbons (Fsp3) is 0.500. The molecule has 98 valence electrons. The Balaban J connectivity index is 2.24. The lowest BCUT2D eigenvalue weighted by molar-refractivity contribution is 0.457. The molecule has 1 aliphatic rings. The third-order valence-corrected chi connectivity index (χ3v) is 5.35. The fourth-order valence-electron chi connectivity index (χ4n) is 3.42. The molecule has 1 heterocycles. The Morgan fingerprint density at radius 3 is 2.37 bits per heavy atom. The van der Waals surface area contributed by atoms with Crippen LogP contribution in [0.5, 0.6) is 0 Å². The van der Waals surface area contributed by atoms with Crippen LogP contribution in [0.4, 0.5) is 0 Å². The maximum atomic E-state index is 9.20. The minimum absolute atomic E-state index is 0.259. The van der Waals surface area contributed by atoms with Gasteiger partial charge in [-0.15, -0.1) is 0 Å². The summed E-state index contributed by atoms with van der Waals surface area (Å²) >= 11 is 0. The maximum Gasteiger partial charge on any atom is 0.113 e. The molecule has 0 radical (unpaired) electrons. The summed E-state index contributed by atoms with van der Waals surface area (Å²) in [7, 11) is 2.05. The molecule has 1 aromatic heterocycles. The van der Waals surface area contributed by atoms with Crippen LogP contribution < -0.4 is 0 Å². The van der Waals surface area contributed by atoms with Gasteiger partial charge in [0.1, 0.15) is 17.4 Å². The van der Waals surface area contributed by atoms with Gasteiger partial charge in [0.25, 0.3) is 0 Å². The van der Waals surface area contributed by atoms with Crippen molar-refractivity contribution < 1.29 is 0 Å². The van der Waals surface area contributed by atoms with Crippen molar-refractivity contribution in [1.82, 2.24) is 9.55 Å². The van der Waals surface area contributed by atoms with Crippen LogP contribution in [0.25, 0.3) is 11.0 Å². The van der Waals surface area contributed by atoms with Gasteiger partial charge in [-0.1, -0.05) is 33.8 Å². The molecule has 0 saturated heterocycles. The highest BCUT2D eigenvalue weighted by molar-refractivity contribution is 5.82. The van der Waals surface area contributed by atoms with Crippen molar-refractivity contribution >= 4 is 11.0 Å². The number of nitrogens with zero attached hydrogens (tertiary/aromatic N) is 3. The van der Waals surface area contributed by atoms with Crippen molar-refractivity contribution in [2.24, 2.45) is 17.9 Å². The van der Waals surface area contributed by atoms with Gasteiger partial charge >= 0.3 is 0 Å². The van der Waals surface area contributed by atoms with Crippen LogP contribution in [0.15, 0.2) is 18.2 Å². The van der Waals surface area contributed by atoms with Gasteiger partial charge in [-0.3, -0.25) is 0 Å². The van der Waals surface area contributed by atoms with Crippen molar-refractivity contribution in [3.63, 3.8) is 0 Å². The van der Waals surface area contributed by atoms with E-state index in [0.29, 0.717) is 11.5 Å². The second-order valence-electron chi connectivity index (χ2n) is 6.69. The van der Waals surface area contributed by atoms with E-state index >= 15 is 0 Å². The summed E-state index contributed by atoms with van der Waals surface area (Å²) in [6.45, 7) is 9.18. The summed E-state index contributed by atoms with van der Waals surface area (Å²) in [5.74, 6) is 1.55. The predicted molar refractivity (Wildman–Crippen MR) is 75.7 cm³/mol. The molecule has 3 heteroatoms. The molecule has 0 bridgehead atoms. The monoisotopic (exact) mass is 253 g/mol. The molecule has 1 fully saturated rings. The Kier molecular flexibility index (Phi) is 2.18. The van der Waals surface area contributed by atoms with Crippen LogP contribution in [0.2, 0.25) is 0 Å². The summed E-state index contributed by atoms with van der Waals surface area (Å²) < 4.78 is 2.15. The summed E-state index contributed by atoms with van der Waals surface area (Å²) in [5.41, 5.74) is 3.06. The fourth-order valence-corrected chi connectivity index (χ4v) is 3.42. The first-order chi connectivity index (χ1) is 8.82. The van der Waals surface area contributed by atoms with Crippen LogP contribution in [-0.4, -0.2) is 9.55 Å². The number of hydrogen-bond acceptors (Lipinski definition) is 2. The SMILES string of the molecule is Cn1c(C2C(C)(C)C2(C)C)nc2c(C#N)cccc21. The lowest BCUT2D eigenvalue weighted by atomic mass is 10.0. The molecule has 1 aliphatic carbocycles. The molecule has 0 amide bonds. The van der Waals surface area contributed by atoms with E-state index in [4.69, 9.17) is 4.98 Å². The Morgan fingerprint density at radius 1 is 1.21 bits per heavy atom. The number of rotatable bonds is 1. The summed E-state index contributed by atoms with van der Waals surface area (Å²) in [6, 6.07) is 8.03. The number of aryl methyl sites for hydroxylation is 1. The zero-order chi connectivity index (χ0) is 14.0. The minimum Gasteiger partial charge on any atom is -0.331 e. The highest BCUT2D eigenvalue weighted by Gasteiger charge is 2.66. The van der Waals surface area contributed by atoms with E-state index in [0.717, 1.165) is 16.9 Å². The summed E-state index contributed by atoms with van der Waals surface area (Å²) in [6.07, 6.45) is 0. The van der Waals surface area contributed by atoms with Gasteiger partial charge in [-0.25, -0.2) is 4.98 Å². The molecular weight excluding hydrogens is 234 g/mol. The van der Waals surface area contributed by atoms with Crippen LogP contribution >= 0.6 is 0 Å². The van der Waals surface area contributed by atoms with E-state index in [2.05, 4.69) is 45.4 Å². The van der Waals surface area contributed by atoms with Crippen LogP contribution in [0.3, 0.4) is 0 Å². The first kappa shape index (κ1) is 12.2. The quantitative estimate of drug-likeness (QED) is 0.779. The zero-order valence-electron chi connectivity index (χ0n) is 12.2. The standard InChI is InChI=1S/C16H19N3/c1-15(2)13(16(15,3)4)14-18-12-10(9-17)7-6-8-11(12)19(14)5/h6-8,13H,1-5H3. The second-order valence-corrected chi connectivity index (χ2v) is 6.69. The number of nitriles is 1. The van der Waals surface area contributed by atoms with E-state index in [1.54, 1.807) is 0 Å². The Morgan fingerprint density at radius 2 is 1.84 bits per heavy atom. The number of benzene rings is 1. The highest BCUT2D eigenvalue weighted by atomic mass is 15.1. The smallest absolute Gasteiger partial charge is 0.113 e. The van der Waals surface area contributed by atoms with Gasteiger partial charge in [0, 0.05) is 13.0 Å². The number of hydrogen-bond donors (Lipinski definition) is 0. The molecular formula is C16H19N3. The van der Waals surface area contributed by atoms with Crippen molar-refractivity contribution in [3.05, 3.63) is 29.6 Å². The van der Waals surface area contributed by atoms with Gasteiger partial charge in [0.2, 0.25) is 0 Å². The van der Waals surface area contributed by atoms with Gasteiger partial charge in [-0.05, 0) is 23.0 Å². The largest absolute Gasteiger partial charge is 0.331 e. The predicted octanol–water partition coefficient (Wildman–Crippen LogP) is 3.59. The molecule has 3 nitrogen and oxygen atoms in total. The Bertz CT molecular complexity index is 699. The molecule has 19 heavy (non-hydrogen) atoms. The number of imidazole rings is 1. The molecule has 0 spiro atoms. The van der Waals surface area contributed by atoms with Crippen LogP contribution in [-0.2, 0) is 7.05 Å². The molecule has 2 aromatic rings. The molecule has 0 N–H and O–H groups in total. The number of aromatic nitrogens is 2. The molecule has 1 aromatic carbocycles. The second kappa shape index (κ2) is 3.39. The molecule has 1 saturated carbocycles. The van der Waals surface area contributed by atoms with Gasteiger partial charge in [0.15, 0.2) is 0 Å². The first-order valence-corrected chi connectivity index (χ1v) is 6.68. The molecule has 0 unspecified atom stereocenters. The van der Waals surface area contributed by atoms with Crippen molar-refractivity contribution in [2.45, 2.75) is 33.6 Å². The highest BCUT2D eigenvalue weighted by Crippen LogP contribution is 2.73. The molecule has 0 aliphatic heterocycles. The van der Waals surface area contributed by atoms with E-state index in [1.807, 2.05) is 18.2 Å². The van der Waals surface area contributed by atoms with Crippen LogP contribution in [0.1, 0.15) is 45.0 Å². The number of para-hydroxylation sites is 1. The third-order valence-electron chi connectivity index (χ3n) is 5.35. The maximum absolute atomic E-state index is 9.20. The number of fused-ring (bicyclic) bond motifs is 1. The average molecular weight is 253 g/mol. The minimum atomic E-state index is 0.259. The lowest BCUT2D eigenvalue weighted by Gasteiger charge is -2.03. The molecule has 3 rings (SSSR count). The Hall–Kier alpha value is -1.82. The van der Waals surface area contributed by atoms with Crippen molar-refractivity contribution in [2.75, 3.05) is 0 Å². The van der Waals surface area contributed by atoms with Crippen LogP contribution in [0, 0.1) is 22.2 Å². The summed E-state index contributed by atoms with van der Waals surface area (Å²) in [4.78, 5) is 4.78. The van der Waals surface area contributed by atoms with Crippen molar-refractivity contribution in [3.8, 4) is 6.07 Å². The average Bonchev–Trinajstić information content (AvgIpc) is 2.63. The van der Waals surface area contributed by atoms with Crippen molar-refractivity contribution in [1.29, 1.82) is 5.26 Å². The normalized spacial score (nSPS) is 20.4. The van der Waals surface area contributed by atoms with E-state index in [1.165, 1.54) is 0 Å². The molecule has 0 atom stereocenters. The van der Waals surface area contributed by atoms with Gasteiger partial charge < -0.3 is 4.57 Å².